The lowest BCUT2D eigenvalue weighted by molar-refractivity contribution is -0.115. The number of amides is 1. The molecule has 0 aliphatic carbocycles. The van der Waals surface area contributed by atoms with Gasteiger partial charge in [0.25, 0.3) is 0 Å². The zero-order valence-electron chi connectivity index (χ0n) is 15.4. The molecule has 0 saturated carbocycles. The molecule has 1 N–H and O–H groups in total. The van der Waals surface area contributed by atoms with E-state index in [1.165, 1.54) is 12.8 Å². The number of halogens is 1. The Balaban J connectivity index is 1.43. The first-order valence-electron chi connectivity index (χ1n) is 9.41. The van der Waals surface area contributed by atoms with Crippen LogP contribution in [0.25, 0.3) is 11.3 Å². The summed E-state index contributed by atoms with van der Waals surface area (Å²) in [5, 5.41) is 12.3. The van der Waals surface area contributed by atoms with Crippen molar-refractivity contribution in [1.82, 2.24) is 10.2 Å². The minimum absolute atomic E-state index is 0.0741. The van der Waals surface area contributed by atoms with Crippen molar-refractivity contribution in [2.24, 2.45) is 0 Å². The highest BCUT2D eigenvalue weighted by molar-refractivity contribution is 6.30. The van der Waals surface area contributed by atoms with Crippen LogP contribution in [0.15, 0.2) is 60.7 Å². The Bertz CT molecular complexity index is 951. The highest BCUT2D eigenvalue weighted by Crippen LogP contribution is 2.23. The summed E-state index contributed by atoms with van der Waals surface area (Å²) in [7, 11) is 0. The van der Waals surface area contributed by atoms with E-state index < -0.39 is 0 Å². The lowest BCUT2D eigenvalue weighted by atomic mass is 10.1. The van der Waals surface area contributed by atoms with Crippen LogP contribution in [0.4, 0.5) is 11.5 Å². The largest absolute Gasteiger partial charge is 0.355 e. The second-order valence-electron chi connectivity index (χ2n) is 6.90. The molecule has 0 radical (unpaired) electrons. The predicted octanol–water partition coefficient (Wildman–Crippen LogP) is 4.58. The topological polar surface area (TPSA) is 58.1 Å². The summed E-state index contributed by atoms with van der Waals surface area (Å²) >= 11 is 5.89. The molecule has 4 rings (SSSR count). The average molecular weight is 393 g/mol. The Kier molecular flexibility index (Phi) is 5.53. The van der Waals surface area contributed by atoms with Gasteiger partial charge in [-0.3, -0.25) is 4.79 Å². The molecular formula is C22H21ClN4O. The summed E-state index contributed by atoms with van der Waals surface area (Å²) in [5.74, 6) is 0.851. The maximum Gasteiger partial charge on any atom is 0.228 e. The highest BCUT2D eigenvalue weighted by atomic mass is 35.5. The van der Waals surface area contributed by atoms with Crippen LogP contribution in [0.5, 0.6) is 0 Å². The number of hydrogen-bond donors (Lipinski definition) is 1. The van der Waals surface area contributed by atoms with Crippen molar-refractivity contribution in [3.63, 3.8) is 0 Å². The van der Waals surface area contributed by atoms with Crippen molar-refractivity contribution < 1.29 is 4.79 Å². The summed E-state index contributed by atoms with van der Waals surface area (Å²) in [6.07, 6.45) is 2.72. The first-order valence-corrected chi connectivity index (χ1v) is 9.78. The molecule has 0 bridgehead atoms. The van der Waals surface area contributed by atoms with Gasteiger partial charge in [-0.05, 0) is 54.8 Å². The van der Waals surface area contributed by atoms with Gasteiger partial charge in [-0.2, -0.15) is 0 Å². The van der Waals surface area contributed by atoms with Crippen LogP contribution in [0.3, 0.4) is 0 Å². The molecule has 2 aromatic carbocycles. The van der Waals surface area contributed by atoms with Crippen LogP contribution in [-0.2, 0) is 11.2 Å². The van der Waals surface area contributed by atoms with E-state index in [2.05, 4.69) is 20.4 Å². The van der Waals surface area contributed by atoms with Gasteiger partial charge >= 0.3 is 0 Å². The number of carbonyl (C=O) groups is 1. The van der Waals surface area contributed by atoms with Crippen LogP contribution in [0, 0.1) is 0 Å². The molecular weight excluding hydrogens is 372 g/mol. The van der Waals surface area contributed by atoms with Gasteiger partial charge < -0.3 is 10.2 Å². The van der Waals surface area contributed by atoms with Crippen molar-refractivity contribution in [3.05, 3.63) is 71.2 Å². The van der Waals surface area contributed by atoms with E-state index >= 15 is 0 Å². The smallest absolute Gasteiger partial charge is 0.228 e. The van der Waals surface area contributed by atoms with Crippen LogP contribution in [0.2, 0.25) is 5.02 Å². The number of nitrogens with one attached hydrogen (secondary N) is 1. The Labute approximate surface area is 169 Å². The fourth-order valence-corrected chi connectivity index (χ4v) is 3.47. The summed E-state index contributed by atoms with van der Waals surface area (Å²) in [6, 6.07) is 18.9. The van der Waals surface area contributed by atoms with Crippen LogP contribution >= 0.6 is 11.6 Å². The lowest BCUT2D eigenvalue weighted by Crippen LogP contribution is -2.19. The fourth-order valence-electron chi connectivity index (χ4n) is 3.34. The van der Waals surface area contributed by atoms with Crippen LogP contribution < -0.4 is 10.2 Å². The number of hydrogen-bond acceptors (Lipinski definition) is 4. The SMILES string of the molecule is O=C(Cc1ccc(Cl)cc1)Nc1cccc(-c2ccc(N3CCCC3)nn2)c1. The summed E-state index contributed by atoms with van der Waals surface area (Å²) in [5.41, 5.74) is 3.37. The molecule has 1 aromatic heterocycles. The third kappa shape index (κ3) is 4.49. The van der Waals surface area contributed by atoms with Gasteiger partial charge in [0.05, 0.1) is 12.1 Å². The lowest BCUT2D eigenvalue weighted by Gasteiger charge is -2.15. The molecule has 3 aromatic rings. The second kappa shape index (κ2) is 8.40. The number of rotatable bonds is 5. The van der Waals surface area contributed by atoms with Gasteiger partial charge in [0, 0.05) is 29.4 Å². The van der Waals surface area contributed by atoms with Crippen molar-refractivity contribution in [3.8, 4) is 11.3 Å². The molecule has 1 amide bonds. The molecule has 0 unspecified atom stereocenters. The molecule has 2 heterocycles. The molecule has 1 aliphatic heterocycles. The van der Waals surface area contributed by atoms with Gasteiger partial charge in [-0.15, -0.1) is 10.2 Å². The molecule has 142 valence electrons. The monoisotopic (exact) mass is 392 g/mol. The van der Waals surface area contributed by atoms with Crippen LogP contribution in [0.1, 0.15) is 18.4 Å². The van der Waals surface area contributed by atoms with E-state index in [0.717, 1.165) is 41.4 Å². The summed E-state index contributed by atoms with van der Waals surface area (Å²) < 4.78 is 0. The molecule has 1 saturated heterocycles. The maximum absolute atomic E-state index is 12.3. The van der Waals surface area contributed by atoms with Crippen molar-refractivity contribution in [2.45, 2.75) is 19.3 Å². The molecule has 28 heavy (non-hydrogen) atoms. The molecule has 1 aliphatic rings. The number of benzene rings is 2. The zero-order valence-corrected chi connectivity index (χ0v) is 16.2. The molecule has 0 atom stereocenters. The molecule has 5 nitrogen and oxygen atoms in total. The quantitative estimate of drug-likeness (QED) is 0.690. The van der Waals surface area contributed by atoms with Crippen molar-refractivity contribution in [1.29, 1.82) is 0 Å². The number of nitrogens with zero attached hydrogens (tertiary/aromatic N) is 3. The Morgan fingerprint density at radius 1 is 1.00 bits per heavy atom. The standard InChI is InChI=1S/C22H21ClN4O/c23-18-8-6-16(7-9-18)14-22(28)24-19-5-3-4-17(15-19)20-10-11-21(26-25-20)27-12-1-2-13-27/h3-11,15H,1-2,12-14H2,(H,24,28). The normalized spacial score (nSPS) is 13.5. The minimum Gasteiger partial charge on any atom is -0.355 e. The van der Waals surface area contributed by atoms with Gasteiger partial charge in [0.1, 0.15) is 0 Å². The first kappa shape index (κ1) is 18.4. The average Bonchev–Trinajstić information content (AvgIpc) is 3.25. The van der Waals surface area contributed by atoms with E-state index in [-0.39, 0.29) is 5.91 Å². The van der Waals surface area contributed by atoms with E-state index in [1.54, 1.807) is 12.1 Å². The van der Waals surface area contributed by atoms with Gasteiger partial charge in [0.2, 0.25) is 5.91 Å². The summed E-state index contributed by atoms with van der Waals surface area (Å²) in [6.45, 7) is 2.09. The van der Waals surface area contributed by atoms with Crippen molar-refractivity contribution >= 4 is 29.0 Å². The van der Waals surface area contributed by atoms with E-state index in [0.29, 0.717) is 11.4 Å². The number of anilines is 2. The fraction of sp³-hybridized carbons (Fsp3) is 0.227. The zero-order chi connectivity index (χ0) is 19.3. The second-order valence-corrected chi connectivity index (χ2v) is 7.34. The number of carbonyl (C=O) groups excluding carboxylic acids is 1. The maximum atomic E-state index is 12.3. The Morgan fingerprint density at radius 2 is 1.79 bits per heavy atom. The van der Waals surface area contributed by atoms with Crippen molar-refractivity contribution in [2.75, 3.05) is 23.3 Å². The van der Waals surface area contributed by atoms with E-state index in [9.17, 15) is 4.79 Å². The third-order valence-electron chi connectivity index (χ3n) is 4.80. The molecule has 1 fully saturated rings. The van der Waals surface area contributed by atoms with Gasteiger partial charge in [-0.25, -0.2) is 0 Å². The highest BCUT2D eigenvalue weighted by Gasteiger charge is 2.14. The minimum atomic E-state index is -0.0741. The first-order chi connectivity index (χ1) is 13.7. The van der Waals surface area contributed by atoms with E-state index in [1.807, 2.05) is 48.5 Å². The molecule has 6 heteroatoms. The third-order valence-corrected chi connectivity index (χ3v) is 5.05. The van der Waals surface area contributed by atoms with E-state index in [4.69, 9.17) is 11.6 Å². The number of aromatic nitrogens is 2. The Morgan fingerprint density at radius 3 is 2.50 bits per heavy atom. The summed E-state index contributed by atoms with van der Waals surface area (Å²) in [4.78, 5) is 14.6. The predicted molar refractivity (Wildman–Crippen MR) is 113 cm³/mol. The van der Waals surface area contributed by atoms with Crippen LogP contribution in [-0.4, -0.2) is 29.2 Å². The van der Waals surface area contributed by atoms with Gasteiger partial charge in [-0.1, -0.05) is 35.9 Å². The molecule has 0 spiro atoms. The Hall–Kier alpha value is -2.92. The van der Waals surface area contributed by atoms with Gasteiger partial charge in [0.15, 0.2) is 5.82 Å².